The maximum Gasteiger partial charge on any atom is 0.416 e. The van der Waals surface area contributed by atoms with Crippen molar-refractivity contribution in [1.82, 2.24) is 14.7 Å². The van der Waals surface area contributed by atoms with Gasteiger partial charge in [0.25, 0.3) is 0 Å². The minimum Gasteiger partial charge on any atom is -0.336 e. The van der Waals surface area contributed by atoms with Crippen LogP contribution in [0.15, 0.2) is 36.7 Å². The van der Waals surface area contributed by atoms with Crippen molar-refractivity contribution >= 4 is 17.5 Å². The third kappa shape index (κ3) is 5.55. The molecule has 10 heteroatoms. The Balaban J connectivity index is 2.05. The summed E-state index contributed by atoms with van der Waals surface area (Å²) in [7, 11) is 1.46. The molecule has 0 saturated heterocycles. The Morgan fingerprint density at radius 1 is 1.22 bits per heavy atom. The fourth-order valence-corrected chi connectivity index (χ4v) is 2.37. The molecule has 2 rings (SSSR count). The highest BCUT2D eigenvalue weighted by Gasteiger charge is 2.30. The number of alkyl halides is 3. The van der Waals surface area contributed by atoms with Gasteiger partial charge in [0.05, 0.1) is 29.3 Å². The van der Waals surface area contributed by atoms with Gasteiger partial charge in [-0.3, -0.25) is 9.59 Å². The lowest BCUT2D eigenvalue weighted by Crippen LogP contribution is -2.48. The third-order valence-corrected chi connectivity index (χ3v) is 3.49. The number of aromatic nitrogens is 2. The number of halogens is 3. The van der Waals surface area contributed by atoms with Crippen LogP contribution in [-0.4, -0.2) is 45.6 Å². The summed E-state index contributed by atoms with van der Waals surface area (Å²) in [5.41, 5.74) is 5.00. The molecule has 7 nitrogen and oxygen atoms in total. The number of carbonyl (C=O) groups is 2. The lowest BCUT2D eigenvalue weighted by Gasteiger charge is -2.25. The van der Waals surface area contributed by atoms with E-state index in [2.05, 4.69) is 10.4 Å². The lowest BCUT2D eigenvalue weighted by molar-refractivity contribution is -0.142. The molecule has 0 aliphatic carbocycles. The molecule has 27 heavy (non-hydrogen) atoms. The summed E-state index contributed by atoms with van der Waals surface area (Å²) in [6.45, 7) is 3.63. The van der Waals surface area contributed by atoms with Crippen molar-refractivity contribution in [3.05, 3.63) is 42.2 Å². The van der Waals surface area contributed by atoms with Gasteiger partial charge < -0.3 is 16.0 Å². The van der Waals surface area contributed by atoms with Crippen LogP contribution in [0.5, 0.6) is 0 Å². The van der Waals surface area contributed by atoms with Crippen molar-refractivity contribution in [2.45, 2.75) is 25.6 Å². The predicted octanol–water partition coefficient (Wildman–Crippen LogP) is 2.03. The van der Waals surface area contributed by atoms with Crippen LogP contribution >= 0.6 is 0 Å². The molecule has 0 unspecified atom stereocenters. The van der Waals surface area contributed by atoms with Crippen LogP contribution in [0.2, 0.25) is 0 Å². The van der Waals surface area contributed by atoms with Gasteiger partial charge in [-0.2, -0.15) is 18.3 Å². The topological polar surface area (TPSA) is 93.2 Å². The van der Waals surface area contributed by atoms with Crippen molar-refractivity contribution in [3.63, 3.8) is 0 Å². The van der Waals surface area contributed by atoms with E-state index in [0.717, 1.165) is 12.1 Å². The highest BCUT2D eigenvalue weighted by Crippen LogP contribution is 2.29. The van der Waals surface area contributed by atoms with Crippen molar-refractivity contribution in [3.8, 4) is 5.69 Å². The van der Waals surface area contributed by atoms with Crippen LogP contribution in [0.4, 0.5) is 18.9 Å². The van der Waals surface area contributed by atoms with E-state index in [1.165, 1.54) is 41.2 Å². The van der Waals surface area contributed by atoms with E-state index in [1.54, 1.807) is 13.8 Å². The second kappa shape index (κ2) is 7.39. The van der Waals surface area contributed by atoms with Gasteiger partial charge in [0.2, 0.25) is 0 Å². The van der Waals surface area contributed by atoms with Gasteiger partial charge in [0.15, 0.2) is 0 Å². The Hall–Kier alpha value is -2.88. The average Bonchev–Trinajstić information content (AvgIpc) is 3.00. The Morgan fingerprint density at radius 2 is 1.81 bits per heavy atom. The molecular weight excluding hydrogens is 363 g/mol. The summed E-state index contributed by atoms with van der Waals surface area (Å²) in [5, 5.41) is 6.37. The summed E-state index contributed by atoms with van der Waals surface area (Å²) in [5.74, 6) is -1.63. The van der Waals surface area contributed by atoms with Gasteiger partial charge in [-0.1, -0.05) is 0 Å². The second-order valence-electron chi connectivity index (χ2n) is 6.82. The molecule has 146 valence electrons. The van der Waals surface area contributed by atoms with Gasteiger partial charge in [0.1, 0.15) is 0 Å². The monoisotopic (exact) mass is 383 g/mol. The molecule has 0 bridgehead atoms. The van der Waals surface area contributed by atoms with Crippen LogP contribution in [0.3, 0.4) is 0 Å². The van der Waals surface area contributed by atoms with Gasteiger partial charge in [0, 0.05) is 19.1 Å². The number of rotatable bonds is 4. The first-order chi connectivity index (χ1) is 12.4. The zero-order valence-corrected chi connectivity index (χ0v) is 15.0. The first-order valence-corrected chi connectivity index (χ1v) is 7.94. The maximum absolute atomic E-state index is 12.6. The highest BCUT2D eigenvalue weighted by molar-refractivity contribution is 6.39. The molecule has 1 aromatic heterocycles. The molecule has 0 spiro atoms. The van der Waals surface area contributed by atoms with E-state index < -0.39 is 29.1 Å². The number of benzene rings is 1. The van der Waals surface area contributed by atoms with Gasteiger partial charge in [-0.05, 0) is 38.1 Å². The van der Waals surface area contributed by atoms with Crippen LogP contribution in [0.25, 0.3) is 5.69 Å². The van der Waals surface area contributed by atoms with E-state index in [-0.39, 0.29) is 12.2 Å². The molecule has 0 fully saturated rings. The molecule has 0 saturated carbocycles. The number of hydrogen-bond acceptors (Lipinski definition) is 4. The average molecular weight is 383 g/mol. The van der Waals surface area contributed by atoms with E-state index in [4.69, 9.17) is 5.73 Å². The minimum absolute atomic E-state index is 0.185. The summed E-state index contributed by atoms with van der Waals surface area (Å²) in [4.78, 5) is 25.3. The molecule has 2 amide bonds. The molecule has 0 aliphatic rings. The van der Waals surface area contributed by atoms with E-state index in [9.17, 15) is 22.8 Å². The fraction of sp³-hybridized carbons (Fsp3) is 0.353. The smallest absolute Gasteiger partial charge is 0.336 e. The highest BCUT2D eigenvalue weighted by atomic mass is 19.4. The fourth-order valence-electron chi connectivity index (χ4n) is 2.37. The maximum atomic E-state index is 12.6. The number of likely N-dealkylation sites (N-methyl/N-ethyl adjacent to an activating group) is 1. The van der Waals surface area contributed by atoms with Crippen LogP contribution in [-0.2, 0) is 15.8 Å². The number of nitrogens with two attached hydrogens (primary N) is 1. The number of amides is 2. The first-order valence-electron chi connectivity index (χ1n) is 7.94. The zero-order valence-electron chi connectivity index (χ0n) is 15.0. The summed E-state index contributed by atoms with van der Waals surface area (Å²) in [6, 6.07) is 4.37. The standard InChI is InChI=1S/C17H20F3N5O2/c1-16(2,21)10-24(3)15(27)14(26)23-12-8-22-25(9-12)13-6-4-11(5-7-13)17(18,19)20/h4-9H,10,21H2,1-3H3,(H,23,26). The van der Waals surface area contributed by atoms with Crippen LogP contribution in [0, 0.1) is 0 Å². The van der Waals surface area contributed by atoms with Crippen LogP contribution in [0.1, 0.15) is 19.4 Å². The Kier molecular flexibility index (Phi) is 5.59. The molecule has 0 atom stereocenters. The van der Waals surface area contributed by atoms with Crippen molar-refractivity contribution in [2.75, 3.05) is 18.9 Å². The normalized spacial score (nSPS) is 12.0. The van der Waals surface area contributed by atoms with E-state index in [1.807, 2.05) is 0 Å². The van der Waals surface area contributed by atoms with E-state index in [0.29, 0.717) is 5.69 Å². The number of anilines is 1. The van der Waals surface area contributed by atoms with Crippen molar-refractivity contribution in [1.29, 1.82) is 0 Å². The minimum atomic E-state index is -4.42. The van der Waals surface area contributed by atoms with Crippen molar-refractivity contribution < 1.29 is 22.8 Å². The molecule has 3 N–H and O–H groups in total. The zero-order chi connectivity index (χ0) is 20.4. The third-order valence-electron chi connectivity index (χ3n) is 3.49. The van der Waals surface area contributed by atoms with Crippen LogP contribution < -0.4 is 11.1 Å². The summed E-state index contributed by atoms with van der Waals surface area (Å²) >= 11 is 0. The molecular formula is C17H20F3N5O2. The molecule has 2 aromatic rings. The quantitative estimate of drug-likeness (QED) is 0.790. The largest absolute Gasteiger partial charge is 0.416 e. The van der Waals surface area contributed by atoms with Gasteiger partial charge in [-0.25, -0.2) is 4.68 Å². The van der Waals surface area contributed by atoms with Crippen molar-refractivity contribution in [2.24, 2.45) is 5.73 Å². The molecule has 1 aromatic carbocycles. The Morgan fingerprint density at radius 3 is 2.33 bits per heavy atom. The number of carbonyl (C=O) groups excluding carboxylic acids is 2. The van der Waals surface area contributed by atoms with Gasteiger partial charge >= 0.3 is 18.0 Å². The molecule has 0 aliphatic heterocycles. The number of hydrogen-bond donors (Lipinski definition) is 2. The SMILES string of the molecule is CN(CC(C)(C)N)C(=O)C(=O)Nc1cnn(-c2ccc(C(F)(F)F)cc2)c1. The molecule has 1 heterocycles. The lowest BCUT2D eigenvalue weighted by atomic mass is 10.1. The second-order valence-corrected chi connectivity index (χ2v) is 6.82. The summed E-state index contributed by atoms with van der Waals surface area (Å²) in [6.07, 6.45) is -1.75. The predicted molar refractivity (Wildman–Crippen MR) is 93.1 cm³/mol. The number of nitrogens with zero attached hydrogens (tertiary/aromatic N) is 3. The number of nitrogens with one attached hydrogen (secondary N) is 1. The van der Waals surface area contributed by atoms with Gasteiger partial charge in [-0.15, -0.1) is 0 Å². The Labute approximate surface area is 153 Å². The first kappa shape index (κ1) is 20.4. The Bertz CT molecular complexity index is 822. The molecule has 0 radical (unpaired) electrons. The summed E-state index contributed by atoms with van der Waals surface area (Å²) < 4.78 is 39.1. The van der Waals surface area contributed by atoms with E-state index >= 15 is 0 Å².